The van der Waals surface area contributed by atoms with Crippen molar-refractivity contribution in [2.75, 3.05) is 13.2 Å². The van der Waals surface area contributed by atoms with Gasteiger partial charge in [0.15, 0.2) is 0 Å². The van der Waals surface area contributed by atoms with Gasteiger partial charge in [0.2, 0.25) is 0 Å². The zero-order chi connectivity index (χ0) is 20.6. The summed E-state index contributed by atoms with van der Waals surface area (Å²) < 4.78 is 43.0. The summed E-state index contributed by atoms with van der Waals surface area (Å²) in [4.78, 5) is 16.6. The average molecular weight is 405 g/mol. The molecule has 1 heterocycles. The van der Waals surface area contributed by atoms with Crippen LogP contribution in [0.15, 0.2) is 6.07 Å². The third-order valence-electron chi connectivity index (χ3n) is 4.39. The standard InChI is InChI=1S/C19H24ClF3N2O2/c1-6-27-17(26)13-7-10(2)14-15(20)12(24-9-19(21,22)23)8-11(16(14)25-13)18(3,4)5/h7,12,24H,6,8-9H2,1-5H3. The summed E-state index contributed by atoms with van der Waals surface area (Å²) in [7, 11) is 0. The number of fused-ring (bicyclic) bond motifs is 1. The number of rotatable bonds is 4. The van der Waals surface area contributed by atoms with Crippen molar-refractivity contribution in [3.8, 4) is 0 Å². The van der Waals surface area contributed by atoms with Gasteiger partial charge in [0.05, 0.1) is 18.5 Å². The molecule has 0 spiro atoms. The number of carbonyl (C=O) groups is 1. The van der Waals surface area contributed by atoms with Crippen LogP contribution < -0.4 is 15.9 Å². The number of alkyl halides is 3. The van der Waals surface area contributed by atoms with Crippen LogP contribution in [0, 0.1) is 12.3 Å². The van der Waals surface area contributed by atoms with Crippen molar-refractivity contribution in [1.29, 1.82) is 0 Å². The zero-order valence-electron chi connectivity index (χ0n) is 16.1. The molecular weight excluding hydrogens is 381 g/mol. The number of hydrogen-bond donors (Lipinski definition) is 1. The first-order chi connectivity index (χ1) is 12.3. The molecule has 0 fully saturated rings. The lowest BCUT2D eigenvalue weighted by Gasteiger charge is -2.31. The second-order valence-corrected chi connectivity index (χ2v) is 8.00. The third kappa shape index (κ3) is 5.02. The fourth-order valence-electron chi connectivity index (χ4n) is 3.13. The van der Waals surface area contributed by atoms with Gasteiger partial charge in [-0.25, -0.2) is 9.78 Å². The predicted molar refractivity (Wildman–Crippen MR) is 98.8 cm³/mol. The topological polar surface area (TPSA) is 51.2 Å². The molecule has 0 aliphatic heterocycles. The van der Waals surface area contributed by atoms with E-state index in [1.807, 2.05) is 20.8 Å². The number of ether oxygens (including phenoxy) is 1. The van der Waals surface area contributed by atoms with Crippen LogP contribution in [-0.4, -0.2) is 36.3 Å². The Kier molecular flexibility index (Phi) is 6.26. The predicted octanol–water partition coefficient (Wildman–Crippen LogP) is 3.03. The highest BCUT2D eigenvalue weighted by molar-refractivity contribution is 6.46. The number of nitrogens with one attached hydrogen (secondary N) is 1. The van der Waals surface area contributed by atoms with Crippen molar-refractivity contribution in [2.45, 2.75) is 53.3 Å². The lowest BCUT2D eigenvalue weighted by Crippen LogP contribution is -2.48. The molecule has 1 aliphatic carbocycles. The van der Waals surface area contributed by atoms with Gasteiger partial charge in [-0.3, -0.25) is 0 Å². The summed E-state index contributed by atoms with van der Waals surface area (Å²) in [5.41, 5.74) is 1.32. The van der Waals surface area contributed by atoms with E-state index in [9.17, 15) is 18.0 Å². The van der Waals surface area contributed by atoms with E-state index in [-0.39, 0.29) is 29.2 Å². The summed E-state index contributed by atoms with van der Waals surface area (Å²) in [6, 6.07) is 0.898. The van der Waals surface area contributed by atoms with Crippen LogP contribution in [0.2, 0.25) is 0 Å². The summed E-state index contributed by atoms with van der Waals surface area (Å²) in [6.07, 6.45) is -4.05. The van der Waals surface area contributed by atoms with E-state index in [4.69, 9.17) is 16.3 Å². The number of aryl methyl sites for hydroxylation is 1. The van der Waals surface area contributed by atoms with Crippen LogP contribution in [0.25, 0.3) is 10.6 Å². The minimum atomic E-state index is -4.33. The molecule has 1 unspecified atom stereocenters. The average Bonchev–Trinajstić information content (AvgIpc) is 2.51. The molecule has 27 heavy (non-hydrogen) atoms. The molecule has 1 atom stereocenters. The Morgan fingerprint density at radius 2 is 2.00 bits per heavy atom. The highest BCUT2D eigenvalue weighted by atomic mass is 35.5. The number of halogens is 4. The number of pyridine rings is 1. The lowest BCUT2D eigenvalue weighted by molar-refractivity contribution is -0.125. The van der Waals surface area contributed by atoms with Crippen molar-refractivity contribution in [1.82, 2.24) is 10.3 Å². The number of carbonyl (C=O) groups excluding carboxylic acids is 1. The van der Waals surface area contributed by atoms with E-state index in [0.29, 0.717) is 16.1 Å². The third-order valence-corrected chi connectivity index (χ3v) is 4.85. The maximum atomic E-state index is 12.7. The molecule has 4 nitrogen and oxygen atoms in total. The molecule has 150 valence electrons. The second kappa shape index (κ2) is 7.80. The number of esters is 1. The maximum Gasteiger partial charge on any atom is 0.401 e. The van der Waals surface area contributed by atoms with Crippen LogP contribution in [-0.2, 0) is 4.74 Å². The van der Waals surface area contributed by atoms with E-state index in [0.717, 1.165) is 5.57 Å². The monoisotopic (exact) mass is 404 g/mol. The van der Waals surface area contributed by atoms with Gasteiger partial charge in [-0.15, -0.1) is 0 Å². The molecule has 1 aromatic rings. The molecule has 8 heteroatoms. The van der Waals surface area contributed by atoms with E-state index in [1.54, 1.807) is 19.9 Å². The van der Waals surface area contributed by atoms with Crippen LogP contribution in [0.5, 0.6) is 0 Å². The summed E-state index contributed by atoms with van der Waals surface area (Å²) >= 11 is 6.47. The largest absolute Gasteiger partial charge is 0.461 e. The first-order valence-electron chi connectivity index (χ1n) is 8.73. The van der Waals surface area contributed by atoms with E-state index in [2.05, 4.69) is 10.3 Å². The summed E-state index contributed by atoms with van der Waals surface area (Å²) in [6.45, 7) is 8.44. The number of aromatic nitrogens is 1. The Bertz CT molecular complexity index is 857. The Morgan fingerprint density at radius 3 is 2.52 bits per heavy atom. The van der Waals surface area contributed by atoms with Gasteiger partial charge in [-0.1, -0.05) is 32.4 Å². The molecule has 1 N–H and O–H groups in total. The van der Waals surface area contributed by atoms with Crippen molar-refractivity contribution in [2.24, 2.45) is 5.41 Å². The van der Waals surface area contributed by atoms with Gasteiger partial charge < -0.3 is 10.1 Å². The normalized spacial score (nSPS) is 17.7. The van der Waals surface area contributed by atoms with Crippen molar-refractivity contribution in [3.63, 3.8) is 0 Å². The summed E-state index contributed by atoms with van der Waals surface area (Å²) in [5, 5.41) is 3.93. The van der Waals surface area contributed by atoms with Crippen molar-refractivity contribution in [3.05, 3.63) is 27.9 Å². The minimum Gasteiger partial charge on any atom is -0.461 e. The fraction of sp³-hybridized carbons (Fsp3) is 0.579. The molecular formula is C19H24ClF3N2O2. The number of nitrogens with zero attached hydrogens (tertiary/aromatic N) is 1. The van der Waals surface area contributed by atoms with Crippen LogP contribution >= 0.6 is 11.6 Å². The second-order valence-electron chi connectivity index (χ2n) is 7.60. The SMILES string of the molecule is CCOC(=O)c1cc(C)c2c(n1)=C(C(C)(C)C)CC(NCC(F)(F)F)C=2Cl. The van der Waals surface area contributed by atoms with Gasteiger partial charge in [0.25, 0.3) is 0 Å². The molecule has 2 rings (SSSR count). The van der Waals surface area contributed by atoms with Gasteiger partial charge >= 0.3 is 12.1 Å². The highest BCUT2D eigenvalue weighted by Crippen LogP contribution is 2.33. The number of hydrogen-bond acceptors (Lipinski definition) is 4. The zero-order valence-corrected chi connectivity index (χ0v) is 16.8. The maximum absolute atomic E-state index is 12.7. The summed E-state index contributed by atoms with van der Waals surface area (Å²) in [5.74, 6) is -0.537. The molecule has 0 saturated heterocycles. The molecule has 1 aliphatic rings. The molecule has 0 bridgehead atoms. The molecule has 0 aromatic carbocycles. The van der Waals surface area contributed by atoms with E-state index < -0.39 is 24.7 Å². The molecule has 0 radical (unpaired) electrons. The molecule has 0 amide bonds. The van der Waals surface area contributed by atoms with Crippen LogP contribution in [0.3, 0.4) is 0 Å². The quantitative estimate of drug-likeness (QED) is 0.784. The highest BCUT2D eigenvalue weighted by Gasteiger charge is 2.33. The van der Waals surface area contributed by atoms with Crippen molar-refractivity contribution < 1.29 is 22.7 Å². The first kappa shape index (κ1) is 21.7. The smallest absolute Gasteiger partial charge is 0.401 e. The van der Waals surface area contributed by atoms with Crippen LogP contribution in [0.4, 0.5) is 13.2 Å². The van der Waals surface area contributed by atoms with E-state index >= 15 is 0 Å². The van der Waals surface area contributed by atoms with E-state index in [1.165, 1.54) is 0 Å². The van der Waals surface area contributed by atoms with Crippen LogP contribution in [0.1, 0.15) is 50.2 Å². The molecule has 1 aromatic heterocycles. The Balaban J connectivity index is 2.69. The van der Waals surface area contributed by atoms with Crippen molar-refractivity contribution >= 4 is 28.2 Å². The van der Waals surface area contributed by atoms with Gasteiger partial charge in [0, 0.05) is 16.3 Å². The Labute approximate surface area is 161 Å². The lowest BCUT2D eigenvalue weighted by atomic mass is 9.79. The fourth-order valence-corrected chi connectivity index (χ4v) is 3.52. The first-order valence-corrected chi connectivity index (χ1v) is 9.11. The Hall–Kier alpha value is -1.60. The molecule has 0 saturated carbocycles. The van der Waals surface area contributed by atoms with Gasteiger partial charge in [-0.05, 0) is 42.9 Å². The van der Waals surface area contributed by atoms with Gasteiger partial charge in [-0.2, -0.15) is 13.2 Å². The minimum absolute atomic E-state index is 0.168. The van der Waals surface area contributed by atoms with Gasteiger partial charge in [0.1, 0.15) is 5.69 Å². The Morgan fingerprint density at radius 1 is 1.37 bits per heavy atom.